The molecular weight excluding hydrogens is 265 g/mol. The topological polar surface area (TPSA) is 35.2 Å². The number of ether oxygens (including phenoxy) is 1. The molecule has 0 aliphatic carbocycles. The third-order valence-electron chi connectivity index (χ3n) is 4.22. The first-order chi connectivity index (χ1) is 10.2. The predicted molar refractivity (Wildman–Crippen MR) is 81.7 cm³/mol. The molecule has 0 aromatic heterocycles. The minimum atomic E-state index is -1.56. The molecule has 2 atom stereocenters. The first kappa shape index (κ1) is 14.2. The van der Waals surface area contributed by atoms with Crippen LogP contribution < -0.4 is 5.73 Å². The fourth-order valence-corrected chi connectivity index (χ4v) is 3.00. The molecule has 2 aromatic rings. The van der Waals surface area contributed by atoms with Gasteiger partial charge in [-0.1, -0.05) is 54.6 Å². The molecule has 3 rings (SSSR count). The highest BCUT2D eigenvalue weighted by atomic mass is 19.1. The molecular formula is C18H20FNO. The Morgan fingerprint density at radius 2 is 1.81 bits per heavy atom. The van der Waals surface area contributed by atoms with Crippen molar-refractivity contribution < 1.29 is 9.13 Å². The van der Waals surface area contributed by atoms with Crippen LogP contribution >= 0.6 is 0 Å². The second kappa shape index (κ2) is 5.96. The van der Waals surface area contributed by atoms with Gasteiger partial charge in [0.2, 0.25) is 0 Å². The Kier molecular flexibility index (Phi) is 4.04. The van der Waals surface area contributed by atoms with Crippen molar-refractivity contribution in [2.45, 2.75) is 24.6 Å². The van der Waals surface area contributed by atoms with E-state index in [1.54, 1.807) is 12.1 Å². The van der Waals surface area contributed by atoms with E-state index in [9.17, 15) is 0 Å². The van der Waals surface area contributed by atoms with Crippen LogP contribution in [0.5, 0.6) is 0 Å². The van der Waals surface area contributed by atoms with Gasteiger partial charge in [-0.05, 0) is 23.1 Å². The van der Waals surface area contributed by atoms with Crippen LogP contribution in [0.3, 0.4) is 0 Å². The molecule has 1 aliphatic rings. The third kappa shape index (κ3) is 2.85. The molecule has 0 fully saturated rings. The normalized spacial score (nSPS) is 20.6. The summed E-state index contributed by atoms with van der Waals surface area (Å²) in [6.07, 6.45) is 0.911. The Bertz CT molecular complexity index is 601. The zero-order valence-corrected chi connectivity index (χ0v) is 12.0. The number of rotatable bonds is 4. The molecule has 2 nitrogen and oxygen atoms in total. The van der Waals surface area contributed by atoms with Crippen molar-refractivity contribution >= 4 is 0 Å². The maximum Gasteiger partial charge on any atom is 0.150 e. The number of fused-ring (bicyclic) bond motifs is 1. The Balaban J connectivity index is 1.89. The molecule has 0 radical (unpaired) electrons. The van der Waals surface area contributed by atoms with Crippen molar-refractivity contribution in [3.8, 4) is 0 Å². The quantitative estimate of drug-likeness (QED) is 0.933. The predicted octanol–water partition coefficient (Wildman–Crippen LogP) is 3.51. The van der Waals surface area contributed by atoms with E-state index in [4.69, 9.17) is 10.5 Å². The highest BCUT2D eigenvalue weighted by Crippen LogP contribution is 2.39. The molecule has 0 spiro atoms. The Hall–Kier alpha value is -1.71. The van der Waals surface area contributed by atoms with Crippen LogP contribution in [-0.2, 0) is 16.8 Å². The zero-order valence-electron chi connectivity index (χ0n) is 12.0. The van der Waals surface area contributed by atoms with Crippen molar-refractivity contribution in [2.75, 3.05) is 13.2 Å². The maximum absolute atomic E-state index is 15.3. The molecule has 2 unspecified atom stereocenters. The van der Waals surface area contributed by atoms with E-state index in [1.165, 1.54) is 5.56 Å². The summed E-state index contributed by atoms with van der Waals surface area (Å²) >= 11 is 0. The Morgan fingerprint density at radius 1 is 1.10 bits per heavy atom. The van der Waals surface area contributed by atoms with Crippen molar-refractivity contribution in [3.63, 3.8) is 0 Å². The van der Waals surface area contributed by atoms with E-state index in [0.717, 1.165) is 12.0 Å². The monoisotopic (exact) mass is 285 g/mol. The standard InChI is InChI=1S/C18H20FNO/c19-18(13-20,15-7-2-1-3-8-15)12-17-16-9-5-4-6-14(16)10-11-21-17/h1-9,17H,10-13,20H2. The number of halogens is 1. The SMILES string of the molecule is NCC(F)(CC1OCCc2ccccc21)c1ccccc1. The average Bonchev–Trinajstić information content (AvgIpc) is 2.56. The number of alkyl halides is 1. The van der Waals surface area contributed by atoms with Gasteiger partial charge in [-0.2, -0.15) is 0 Å². The number of hydrogen-bond acceptors (Lipinski definition) is 2. The minimum absolute atomic E-state index is 0.0426. The highest BCUT2D eigenvalue weighted by Gasteiger charge is 2.36. The van der Waals surface area contributed by atoms with Gasteiger partial charge >= 0.3 is 0 Å². The smallest absolute Gasteiger partial charge is 0.150 e. The molecule has 1 heterocycles. The fourth-order valence-electron chi connectivity index (χ4n) is 3.00. The van der Waals surface area contributed by atoms with Crippen LogP contribution in [0.2, 0.25) is 0 Å². The lowest BCUT2D eigenvalue weighted by molar-refractivity contribution is -0.00651. The van der Waals surface area contributed by atoms with Gasteiger partial charge in [0.25, 0.3) is 0 Å². The lowest BCUT2D eigenvalue weighted by Gasteiger charge is -2.32. The first-order valence-electron chi connectivity index (χ1n) is 7.37. The molecule has 2 N–H and O–H groups in total. The van der Waals surface area contributed by atoms with Gasteiger partial charge in [0, 0.05) is 13.0 Å². The zero-order chi connectivity index (χ0) is 14.7. The lowest BCUT2D eigenvalue weighted by atomic mass is 9.85. The van der Waals surface area contributed by atoms with Gasteiger partial charge in [0.05, 0.1) is 12.7 Å². The molecule has 21 heavy (non-hydrogen) atoms. The molecule has 1 aliphatic heterocycles. The second-order valence-electron chi connectivity index (χ2n) is 5.55. The summed E-state index contributed by atoms with van der Waals surface area (Å²) in [5.41, 5.74) is 7.15. The summed E-state index contributed by atoms with van der Waals surface area (Å²) < 4.78 is 21.2. The van der Waals surface area contributed by atoms with Crippen molar-refractivity contribution in [2.24, 2.45) is 5.73 Å². The van der Waals surface area contributed by atoms with Gasteiger partial charge in [0.1, 0.15) is 0 Å². The Labute approximate surface area is 124 Å². The molecule has 110 valence electrons. The molecule has 3 heteroatoms. The lowest BCUT2D eigenvalue weighted by Crippen LogP contribution is -2.34. The third-order valence-corrected chi connectivity index (χ3v) is 4.22. The van der Waals surface area contributed by atoms with E-state index in [-0.39, 0.29) is 19.1 Å². The van der Waals surface area contributed by atoms with Gasteiger partial charge in [-0.25, -0.2) is 4.39 Å². The average molecular weight is 285 g/mol. The summed E-state index contributed by atoms with van der Waals surface area (Å²) in [6, 6.07) is 17.3. The van der Waals surface area contributed by atoms with Gasteiger partial charge < -0.3 is 10.5 Å². The van der Waals surface area contributed by atoms with E-state index < -0.39 is 5.67 Å². The molecule has 0 saturated carbocycles. The van der Waals surface area contributed by atoms with Gasteiger partial charge in [0.15, 0.2) is 5.67 Å². The minimum Gasteiger partial charge on any atom is -0.373 e. The molecule has 0 amide bonds. The van der Waals surface area contributed by atoms with E-state index in [1.807, 2.05) is 36.4 Å². The summed E-state index contributed by atoms with van der Waals surface area (Å²) in [4.78, 5) is 0. The molecule has 0 saturated heterocycles. The van der Waals surface area contributed by atoms with Crippen LogP contribution in [0.1, 0.15) is 29.2 Å². The highest BCUT2D eigenvalue weighted by molar-refractivity contribution is 5.32. The van der Waals surface area contributed by atoms with Crippen LogP contribution in [0.4, 0.5) is 4.39 Å². The number of benzene rings is 2. The molecule has 0 bridgehead atoms. The summed E-state index contributed by atoms with van der Waals surface area (Å²) in [6.45, 7) is 0.593. The van der Waals surface area contributed by atoms with Gasteiger partial charge in [-0.15, -0.1) is 0 Å². The summed E-state index contributed by atoms with van der Waals surface area (Å²) in [7, 11) is 0. The summed E-state index contributed by atoms with van der Waals surface area (Å²) in [5.74, 6) is 0. The number of nitrogens with two attached hydrogens (primary N) is 1. The van der Waals surface area contributed by atoms with E-state index in [0.29, 0.717) is 12.2 Å². The van der Waals surface area contributed by atoms with E-state index >= 15 is 4.39 Å². The molecule has 2 aromatic carbocycles. The summed E-state index contributed by atoms with van der Waals surface area (Å²) in [5, 5.41) is 0. The largest absolute Gasteiger partial charge is 0.373 e. The van der Waals surface area contributed by atoms with Crippen LogP contribution in [0.15, 0.2) is 54.6 Å². The van der Waals surface area contributed by atoms with Crippen molar-refractivity contribution in [3.05, 3.63) is 71.3 Å². The van der Waals surface area contributed by atoms with Gasteiger partial charge in [-0.3, -0.25) is 0 Å². The first-order valence-corrected chi connectivity index (χ1v) is 7.37. The maximum atomic E-state index is 15.3. The van der Waals surface area contributed by atoms with Crippen LogP contribution in [0, 0.1) is 0 Å². The van der Waals surface area contributed by atoms with Crippen molar-refractivity contribution in [1.29, 1.82) is 0 Å². The number of hydrogen-bond donors (Lipinski definition) is 1. The van der Waals surface area contributed by atoms with Crippen molar-refractivity contribution in [1.82, 2.24) is 0 Å². The van der Waals surface area contributed by atoms with Crippen LogP contribution in [0.25, 0.3) is 0 Å². The second-order valence-corrected chi connectivity index (χ2v) is 5.55. The van der Waals surface area contributed by atoms with E-state index in [2.05, 4.69) is 6.07 Å². The Morgan fingerprint density at radius 3 is 2.57 bits per heavy atom. The fraction of sp³-hybridized carbons (Fsp3) is 0.333. The van der Waals surface area contributed by atoms with Crippen LogP contribution in [-0.4, -0.2) is 13.2 Å².